The molecular weight excluding hydrogens is 678 g/mol. The molecule has 9 atom stereocenters. The number of hydrogen-bond acceptors (Lipinski definition) is 17. The van der Waals surface area contributed by atoms with Crippen LogP contribution in [0.1, 0.15) is 25.3 Å². The first-order chi connectivity index (χ1) is 21.4. The molecule has 0 amide bonds. The molecule has 4 aromatic rings. The van der Waals surface area contributed by atoms with Crippen LogP contribution in [-0.4, -0.2) is 96.9 Å². The van der Waals surface area contributed by atoms with Gasteiger partial charge in [-0.1, -0.05) is 0 Å². The summed E-state index contributed by atoms with van der Waals surface area (Å²) in [5.41, 5.74) is 8.33. The van der Waals surface area contributed by atoms with Gasteiger partial charge in [0.2, 0.25) is 5.95 Å². The lowest BCUT2D eigenvalue weighted by Gasteiger charge is -2.26. The van der Waals surface area contributed by atoms with E-state index in [4.69, 9.17) is 46.3 Å². The topological polar surface area (TPSA) is 283 Å². The Morgan fingerprint density at radius 1 is 1.20 bits per heavy atom. The van der Waals surface area contributed by atoms with Gasteiger partial charge < -0.3 is 40.6 Å². The van der Waals surface area contributed by atoms with Gasteiger partial charge >= 0.3 is 13.9 Å². The number of thiol groups is 1. The van der Waals surface area contributed by atoms with E-state index in [1.165, 1.54) is 23.5 Å². The number of H-pyrrole nitrogens is 1. The number of nitrogen functional groups attached to an aromatic ring is 2. The molecule has 2 saturated heterocycles. The molecular formula is C21H25N10O10P2S2+. The van der Waals surface area contributed by atoms with Crippen LogP contribution in [-0.2, 0) is 39.4 Å². The van der Waals surface area contributed by atoms with Gasteiger partial charge in [0.25, 0.3) is 5.56 Å². The number of rotatable bonds is 10. The number of aliphatic hydroxyl groups excluding tert-OH is 1. The number of aromatic nitrogens is 8. The minimum Gasteiger partial charge on any atom is -0.393 e. The first-order valence-corrected chi connectivity index (χ1v) is 18.1. The molecule has 1 aliphatic carbocycles. The first kappa shape index (κ1) is 30.9. The van der Waals surface area contributed by atoms with Crippen molar-refractivity contribution in [1.82, 2.24) is 39.0 Å². The Balaban J connectivity index is 1.11. The molecule has 0 radical (unpaired) electrons. The van der Waals surface area contributed by atoms with Gasteiger partial charge in [-0.15, -0.1) is 4.52 Å². The monoisotopic (exact) mass is 703 g/mol. The smallest absolute Gasteiger partial charge is 0.393 e. The summed E-state index contributed by atoms with van der Waals surface area (Å²) in [5.74, 6) is -0.0120. The van der Waals surface area contributed by atoms with Crippen LogP contribution in [0.15, 0.2) is 23.8 Å². The van der Waals surface area contributed by atoms with Crippen molar-refractivity contribution in [2.45, 2.75) is 54.8 Å². The van der Waals surface area contributed by atoms with Gasteiger partial charge in [0, 0.05) is 12.8 Å². The maximum atomic E-state index is 12.3. The average Bonchev–Trinajstić information content (AvgIpc) is 3.60. The summed E-state index contributed by atoms with van der Waals surface area (Å²) in [7, 11) is -2.25. The predicted octanol–water partition coefficient (Wildman–Crippen LogP) is -0.603. The van der Waals surface area contributed by atoms with Gasteiger partial charge in [-0.25, -0.2) is 19.9 Å². The molecule has 24 heteroatoms. The SMILES string of the molecule is Nc1nc2c(ncn2[C@@H]2O[C@H](CO[P+](=O)S)C[C@@H]2OP(O)(=S)OC2[C@]3(O)C[C@H](n4cnc5c(N)ncnc54)O[C@]23CO)c(=O)[nH]1. The van der Waals surface area contributed by atoms with Gasteiger partial charge in [-0.05, 0) is 16.4 Å². The number of nitrogens with one attached hydrogen (secondary N) is 1. The zero-order valence-corrected chi connectivity index (χ0v) is 26.2. The molecule has 45 heavy (non-hydrogen) atoms. The molecule has 7 rings (SSSR count). The Bertz CT molecular complexity index is 1940. The summed E-state index contributed by atoms with van der Waals surface area (Å²) in [6.45, 7) is -5.04. The second-order valence-electron chi connectivity index (χ2n) is 10.6. The van der Waals surface area contributed by atoms with E-state index in [0.29, 0.717) is 11.2 Å². The van der Waals surface area contributed by atoms with E-state index in [-0.39, 0.29) is 42.4 Å². The average molecular weight is 704 g/mol. The van der Waals surface area contributed by atoms with Gasteiger partial charge in [0.15, 0.2) is 34.5 Å². The summed E-state index contributed by atoms with van der Waals surface area (Å²) < 4.78 is 43.2. The van der Waals surface area contributed by atoms with Crippen LogP contribution >= 0.6 is 26.2 Å². The third kappa shape index (κ3) is 5.05. The highest BCUT2D eigenvalue weighted by Crippen LogP contribution is 2.68. The third-order valence-corrected chi connectivity index (χ3v) is 10.3. The molecule has 2 aliphatic heterocycles. The van der Waals surface area contributed by atoms with Crippen molar-refractivity contribution in [3.8, 4) is 0 Å². The second-order valence-corrected chi connectivity index (χ2v) is 15.1. The van der Waals surface area contributed by atoms with Crippen LogP contribution in [0.5, 0.6) is 0 Å². The molecule has 0 spiro atoms. The lowest BCUT2D eigenvalue weighted by molar-refractivity contribution is -0.0858. The summed E-state index contributed by atoms with van der Waals surface area (Å²) in [4.78, 5) is 46.4. The summed E-state index contributed by atoms with van der Waals surface area (Å²) in [5, 5.41) is 21.8. The van der Waals surface area contributed by atoms with E-state index >= 15 is 0 Å². The Morgan fingerprint density at radius 2 is 1.96 bits per heavy atom. The van der Waals surface area contributed by atoms with Gasteiger partial charge in [0.05, 0.1) is 25.4 Å². The van der Waals surface area contributed by atoms with Crippen LogP contribution < -0.4 is 17.0 Å². The highest BCUT2D eigenvalue weighted by Gasteiger charge is 2.85. The number of hydrogen-bond donors (Lipinski definition) is 7. The van der Waals surface area contributed by atoms with Crippen molar-refractivity contribution in [3.05, 3.63) is 29.3 Å². The van der Waals surface area contributed by atoms with Crippen molar-refractivity contribution in [3.63, 3.8) is 0 Å². The molecule has 6 heterocycles. The highest BCUT2D eigenvalue weighted by atomic mass is 32.7. The van der Waals surface area contributed by atoms with E-state index < -0.39 is 68.1 Å². The van der Waals surface area contributed by atoms with E-state index in [1.807, 2.05) is 0 Å². The van der Waals surface area contributed by atoms with Crippen molar-refractivity contribution < 1.29 is 42.7 Å². The fourth-order valence-corrected chi connectivity index (χ4v) is 8.22. The molecule has 8 N–H and O–H groups in total. The first-order valence-electron chi connectivity index (χ1n) is 13.2. The van der Waals surface area contributed by atoms with Crippen molar-refractivity contribution in [2.75, 3.05) is 24.7 Å². The Labute approximate surface area is 262 Å². The Kier molecular flexibility index (Phi) is 7.51. The lowest BCUT2D eigenvalue weighted by atomic mass is 10.2. The number of aliphatic hydroxyl groups is 2. The predicted molar refractivity (Wildman–Crippen MR) is 159 cm³/mol. The lowest BCUT2D eigenvalue weighted by Crippen LogP contribution is -2.28. The summed E-state index contributed by atoms with van der Waals surface area (Å²) >= 11 is 9.08. The molecule has 4 aromatic heterocycles. The number of nitrogens with zero attached hydrogens (tertiary/aromatic N) is 7. The van der Waals surface area contributed by atoms with Crippen LogP contribution in [0.2, 0.25) is 0 Å². The normalized spacial score (nSPS) is 32.6. The van der Waals surface area contributed by atoms with E-state index in [9.17, 15) is 24.5 Å². The van der Waals surface area contributed by atoms with E-state index in [1.54, 1.807) is 4.57 Å². The second kappa shape index (κ2) is 10.9. The molecule has 3 aliphatic rings. The number of ether oxygens (including phenoxy) is 2. The van der Waals surface area contributed by atoms with E-state index in [2.05, 4.69) is 42.2 Å². The van der Waals surface area contributed by atoms with Crippen molar-refractivity contribution >= 4 is 72.1 Å². The minimum atomic E-state index is -4.21. The van der Waals surface area contributed by atoms with Crippen LogP contribution in [0.4, 0.5) is 11.8 Å². The zero-order chi connectivity index (χ0) is 31.9. The molecule has 240 valence electrons. The van der Waals surface area contributed by atoms with Crippen LogP contribution in [0, 0.1) is 0 Å². The summed E-state index contributed by atoms with van der Waals surface area (Å²) in [6, 6.07) is 0. The van der Waals surface area contributed by atoms with E-state index in [0.717, 1.165) is 0 Å². The van der Waals surface area contributed by atoms with Crippen LogP contribution in [0.3, 0.4) is 0 Å². The quantitative estimate of drug-likeness (QED) is 0.0801. The molecule has 0 bridgehead atoms. The van der Waals surface area contributed by atoms with Crippen LogP contribution in [0.25, 0.3) is 22.3 Å². The van der Waals surface area contributed by atoms with Gasteiger partial charge in [-0.3, -0.25) is 23.4 Å². The highest BCUT2D eigenvalue weighted by molar-refractivity contribution is 8.39. The molecule has 1 saturated carbocycles. The largest absolute Gasteiger partial charge is 0.582 e. The zero-order valence-electron chi connectivity index (χ0n) is 22.7. The van der Waals surface area contributed by atoms with Crippen molar-refractivity contribution in [2.24, 2.45) is 0 Å². The van der Waals surface area contributed by atoms with Gasteiger partial charge in [-0.2, -0.15) is 4.98 Å². The Morgan fingerprint density at radius 3 is 2.69 bits per heavy atom. The molecule has 0 aromatic carbocycles. The minimum absolute atomic E-state index is 0.0335. The third-order valence-electron chi connectivity index (χ3n) is 8.02. The van der Waals surface area contributed by atoms with Crippen molar-refractivity contribution in [1.29, 1.82) is 0 Å². The fraction of sp³-hybridized carbons (Fsp3) is 0.524. The number of nitrogens with two attached hydrogens (primary N) is 2. The maximum Gasteiger partial charge on any atom is 0.582 e. The summed E-state index contributed by atoms with van der Waals surface area (Å²) in [6.07, 6.45) is -0.986. The number of imidazole rings is 2. The standard InChI is InChI=1S/C21H24N10O10P2S2/c22-13-11-14(25-5-24-13)30(6-26-11)10-2-20(34)18(21(20,4-32)39-10)41-43(36,45)40-9-1-8(3-37-42(35)44)38-17(9)31-7-27-12-15(31)28-19(23)29-16(12)33/h5-10,17-18,32,34H,1-4H2,(H6-,22,23,24,25,28,29,33,35,36,44,45)/p+1/t8-,9-,10+,17+,18?,20+,21+,43?/m0/s1. The molecule has 3 unspecified atom stereocenters. The fourth-order valence-electron chi connectivity index (χ4n) is 5.95. The number of aromatic amines is 1. The number of fused-ring (bicyclic) bond motifs is 3. The Hall–Kier alpha value is -2.72. The number of anilines is 2. The van der Waals surface area contributed by atoms with Gasteiger partial charge in [0.1, 0.15) is 54.7 Å². The maximum absolute atomic E-state index is 12.3. The molecule has 3 fully saturated rings. The molecule has 20 nitrogen and oxygen atoms in total.